The Morgan fingerprint density at radius 3 is 2.65 bits per heavy atom. The Hall–Kier alpha value is -1.33. The predicted molar refractivity (Wildman–Crippen MR) is 74.0 cm³/mol. The van der Waals surface area contributed by atoms with Crippen molar-refractivity contribution < 1.29 is 0 Å². The summed E-state index contributed by atoms with van der Waals surface area (Å²) in [6, 6.07) is -0.0538. The van der Waals surface area contributed by atoms with Gasteiger partial charge in [-0.3, -0.25) is 0 Å². The van der Waals surface area contributed by atoms with Gasteiger partial charge in [0.15, 0.2) is 0 Å². The number of rotatable bonds is 5. The van der Waals surface area contributed by atoms with E-state index in [1.54, 1.807) is 6.08 Å². The molecular formula is C15H22N2. The van der Waals surface area contributed by atoms with Gasteiger partial charge in [-0.05, 0) is 56.0 Å². The van der Waals surface area contributed by atoms with Crippen molar-refractivity contribution >= 4 is 5.87 Å². The van der Waals surface area contributed by atoms with E-state index >= 15 is 0 Å². The molecule has 0 aromatic carbocycles. The molecule has 1 atom stereocenters. The van der Waals surface area contributed by atoms with Crippen LogP contribution >= 0.6 is 0 Å². The number of hydrogen-bond donors (Lipinski definition) is 1. The molecule has 2 N–H and O–H groups in total. The number of nitrogens with two attached hydrogens (primary N) is 1. The first kappa shape index (κ1) is 13.7. The molecule has 17 heavy (non-hydrogen) atoms. The van der Waals surface area contributed by atoms with E-state index in [1.165, 1.54) is 12.8 Å². The van der Waals surface area contributed by atoms with E-state index in [0.29, 0.717) is 5.41 Å². The topological polar surface area (TPSA) is 38.4 Å². The lowest BCUT2D eigenvalue weighted by atomic mass is 9.91. The molecule has 0 saturated heterocycles. The lowest BCUT2D eigenvalue weighted by Gasteiger charge is -2.16. The lowest BCUT2D eigenvalue weighted by molar-refractivity contribution is 0.564. The normalized spacial score (nSPS) is 18.7. The summed E-state index contributed by atoms with van der Waals surface area (Å²) in [5.41, 5.74) is 11.4. The zero-order valence-corrected chi connectivity index (χ0v) is 11.1. The molecule has 0 spiro atoms. The molecule has 0 bridgehead atoms. The van der Waals surface area contributed by atoms with Gasteiger partial charge in [0.05, 0.1) is 0 Å². The minimum Gasteiger partial charge on any atom is -0.324 e. The van der Waals surface area contributed by atoms with Gasteiger partial charge in [-0.1, -0.05) is 13.5 Å². The first-order valence-corrected chi connectivity index (χ1v) is 6.10. The summed E-state index contributed by atoms with van der Waals surface area (Å²) in [6.45, 7) is 9.87. The first-order chi connectivity index (χ1) is 8.02. The molecule has 1 saturated carbocycles. The van der Waals surface area contributed by atoms with Crippen molar-refractivity contribution in [3.63, 3.8) is 0 Å². The average Bonchev–Trinajstić information content (AvgIpc) is 2.96. The van der Waals surface area contributed by atoms with Gasteiger partial charge < -0.3 is 5.73 Å². The van der Waals surface area contributed by atoms with Crippen molar-refractivity contribution in [2.24, 2.45) is 16.1 Å². The molecule has 0 radical (unpaired) electrons. The Kier molecular flexibility index (Phi) is 4.72. The largest absolute Gasteiger partial charge is 0.324 e. The van der Waals surface area contributed by atoms with Crippen molar-refractivity contribution in [3.05, 3.63) is 35.7 Å². The van der Waals surface area contributed by atoms with Crippen LogP contribution in [0.4, 0.5) is 0 Å². The van der Waals surface area contributed by atoms with Crippen molar-refractivity contribution in [1.29, 1.82) is 0 Å². The molecule has 2 heteroatoms. The van der Waals surface area contributed by atoms with Crippen LogP contribution in [0.3, 0.4) is 0 Å². The fraction of sp³-hybridized carbons (Fsp3) is 0.533. The Morgan fingerprint density at radius 2 is 2.24 bits per heavy atom. The lowest BCUT2D eigenvalue weighted by Crippen LogP contribution is -2.19. The molecule has 0 aromatic rings. The summed E-state index contributed by atoms with van der Waals surface area (Å²) in [7, 11) is 0. The predicted octanol–water partition coefficient (Wildman–Crippen LogP) is 3.36. The minimum absolute atomic E-state index is 0.0538. The number of hydrogen-bond acceptors (Lipinski definition) is 2. The molecule has 0 amide bonds. The number of aliphatic imine (C=N–C) groups is 1. The van der Waals surface area contributed by atoms with Crippen LogP contribution in [-0.2, 0) is 0 Å². The van der Waals surface area contributed by atoms with Crippen molar-refractivity contribution in [3.8, 4) is 0 Å². The Balaban J connectivity index is 2.96. The van der Waals surface area contributed by atoms with Gasteiger partial charge in [-0.15, -0.1) is 5.73 Å². The average molecular weight is 230 g/mol. The van der Waals surface area contributed by atoms with Crippen LogP contribution in [0, 0.1) is 5.41 Å². The van der Waals surface area contributed by atoms with Gasteiger partial charge in [0, 0.05) is 17.8 Å². The van der Waals surface area contributed by atoms with Gasteiger partial charge in [0.2, 0.25) is 0 Å². The zero-order valence-electron chi connectivity index (χ0n) is 11.1. The van der Waals surface area contributed by atoms with Crippen LogP contribution < -0.4 is 5.73 Å². The molecular weight excluding hydrogens is 208 g/mol. The maximum Gasteiger partial charge on any atom is 0.0409 e. The van der Waals surface area contributed by atoms with Gasteiger partial charge in [-0.2, -0.15) is 0 Å². The molecule has 1 unspecified atom stereocenters. The standard InChI is InChI=1S/C15H22N2/c1-5-9-17-11-13(10-15(4)7-8-15)14(6-2)12(3)16/h5,11-12H,2,7-8,10,16H2,1,3-4H3/b13-11-. The molecule has 0 heterocycles. The summed E-state index contributed by atoms with van der Waals surface area (Å²) < 4.78 is 0. The molecule has 92 valence electrons. The van der Waals surface area contributed by atoms with E-state index < -0.39 is 0 Å². The third-order valence-electron chi connectivity index (χ3n) is 3.14. The van der Waals surface area contributed by atoms with Crippen molar-refractivity contribution in [2.45, 2.75) is 46.1 Å². The van der Waals surface area contributed by atoms with Crippen LogP contribution in [0.2, 0.25) is 0 Å². The molecule has 2 nitrogen and oxygen atoms in total. The van der Waals surface area contributed by atoms with Crippen LogP contribution in [0.5, 0.6) is 0 Å². The molecule has 0 aromatic heterocycles. The monoisotopic (exact) mass is 230 g/mol. The second-order valence-corrected chi connectivity index (χ2v) is 5.07. The molecule has 1 fully saturated rings. The highest BCUT2D eigenvalue weighted by Gasteiger charge is 2.38. The van der Waals surface area contributed by atoms with Crippen molar-refractivity contribution in [2.75, 3.05) is 0 Å². The minimum atomic E-state index is -0.0538. The molecule has 1 aliphatic rings. The van der Waals surface area contributed by atoms with Crippen LogP contribution in [0.15, 0.2) is 40.7 Å². The van der Waals surface area contributed by atoms with Crippen LogP contribution in [0.25, 0.3) is 0 Å². The van der Waals surface area contributed by atoms with Gasteiger partial charge in [-0.25, -0.2) is 4.99 Å². The smallest absolute Gasteiger partial charge is 0.0409 e. The highest BCUT2D eigenvalue weighted by Crippen LogP contribution is 2.50. The number of allylic oxidation sites excluding steroid dienone is 1. The number of nitrogens with zero attached hydrogens (tertiary/aromatic N) is 1. The Morgan fingerprint density at radius 1 is 1.59 bits per heavy atom. The van der Waals surface area contributed by atoms with Crippen molar-refractivity contribution in [1.82, 2.24) is 0 Å². The summed E-state index contributed by atoms with van der Waals surface area (Å²) in [5.74, 6) is 2.82. The quantitative estimate of drug-likeness (QED) is 0.439. The Labute approximate surface area is 104 Å². The second kappa shape index (κ2) is 5.84. The van der Waals surface area contributed by atoms with E-state index in [9.17, 15) is 0 Å². The fourth-order valence-electron chi connectivity index (χ4n) is 1.82. The Bertz CT molecular complexity index is 410. The SMILES string of the molecule is C=C=C(/C(=C\N=C=CC)CC1(C)CC1)C(C)N. The van der Waals surface area contributed by atoms with Crippen LogP contribution in [0.1, 0.15) is 40.0 Å². The van der Waals surface area contributed by atoms with E-state index in [-0.39, 0.29) is 6.04 Å². The maximum atomic E-state index is 5.94. The summed E-state index contributed by atoms with van der Waals surface area (Å²) in [6.07, 6.45) is 7.19. The summed E-state index contributed by atoms with van der Waals surface area (Å²) in [5, 5.41) is 0. The van der Waals surface area contributed by atoms with Crippen LogP contribution in [-0.4, -0.2) is 11.9 Å². The molecule has 1 aliphatic carbocycles. The van der Waals surface area contributed by atoms with Gasteiger partial charge in [0.1, 0.15) is 0 Å². The van der Waals surface area contributed by atoms with E-state index in [4.69, 9.17) is 5.73 Å². The summed E-state index contributed by atoms with van der Waals surface area (Å²) in [4.78, 5) is 4.14. The summed E-state index contributed by atoms with van der Waals surface area (Å²) >= 11 is 0. The third-order valence-corrected chi connectivity index (χ3v) is 3.14. The molecule has 0 aliphatic heterocycles. The van der Waals surface area contributed by atoms with E-state index in [0.717, 1.165) is 17.6 Å². The van der Waals surface area contributed by atoms with E-state index in [1.807, 2.05) is 20.0 Å². The maximum absolute atomic E-state index is 5.94. The fourth-order valence-corrected chi connectivity index (χ4v) is 1.82. The molecule has 1 rings (SSSR count). The zero-order chi connectivity index (χ0) is 12.9. The first-order valence-electron chi connectivity index (χ1n) is 6.10. The van der Waals surface area contributed by atoms with Gasteiger partial charge in [0.25, 0.3) is 0 Å². The second-order valence-electron chi connectivity index (χ2n) is 5.07. The third kappa shape index (κ3) is 4.20. The highest BCUT2D eigenvalue weighted by atomic mass is 14.7. The highest BCUT2D eigenvalue weighted by molar-refractivity contribution is 5.52. The van der Waals surface area contributed by atoms with Gasteiger partial charge >= 0.3 is 0 Å². The van der Waals surface area contributed by atoms with E-state index in [2.05, 4.69) is 30.1 Å².